The zero-order chi connectivity index (χ0) is 18.7. The Morgan fingerprint density at radius 3 is 2.62 bits per heavy atom. The molecule has 1 aliphatic heterocycles. The van der Waals surface area contributed by atoms with E-state index in [4.69, 9.17) is 27.9 Å². The van der Waals surface area contributed by atoms with E-state index < -0.39 is 6.10 Å². The number of hydrogen-bond donors (Lipinski definition) is 1. The van der Waals surface area contributed by atoms with Crippen LogP contribution in [0, 0.1) is 6.92 Å². The van der Waals surface area contributed by atoms with E-state index in [0.29, 0.717) is 21.5 Å². The lowest BCUT2D eigenvalue weighted by Gasteiger charge is -2.19. The Labute approximate surface area is 163 Å². The molecule has 1 atom stereocenters. The molecule has 138 valence electrons. The maximum absolute atomic E-state index is 12.4. The highest BCUT2D eigenvalue weighted by Crippen LogP contribution is 2.28. The highest BCUT2D eigenvalue weighted by atomic mass is 35.5. The van der Waals surface area contributed by atoms with Crippen molar-refractivity contribution in [3.63, 3.8) is 0 Å². The van der Waals surface area contributed by atoms with E-state index in [1.165, 1.54) is 12.8 Å². The van der Waals surface area contributed by atoms with Gasteiger partial charge in [0.1, 0.15) is 11.6 Å². The molecule has 1 amide bonds. The van der Waals surface area contributed by atoms with Gasteiger partial charge in [0, 0.05) is 18.1 Å². The lowest BCUT2D eigenvalue weighted by molar-refractivity contribution is -0.122. The van der Waals surface area contributed by atoms with Crippen molar-refractivity contribution in [2.75, 3.05) is 23.3 Å². The number of halogens is 2. The molecule has 3 rings (SSSR count). The number of amides is 1. The molecule has 2 aromatic rings. The number of nitrogens with zero attached hydrogens (tertiary/aromatic N) is 2. The molecule has 7 heteroatoms. The summed E-state index contributed by atoms with van der Waals surface area (Å²) >= 11 is 12.0. The number of benzene rings is 1. The van der Waals surface area contributed by atoms with E-state index in [2.05, 4.69) is 15.2 Å². The van der Waals surface area contributed by atoms with E-state index in [1.807, 2.05) is 19.1 Å². The number of carbonyl (C=O) groups is 1. The van der Waals surface area contributed by atoms with Crippen LogP contribution in [0.4, 0.5) is 11.5 Å². The van der Waals surface area contributed by atoms with Crippen LogP contribution in [-0.2, 0) is 4.79 Å². The highest BCUT2D eigenvalue weighted by molar-refractivity contribution is 6.35. The second kappa shape index (κ2) is 8.14. The largest absolute Gasteiger partial charge is 0.479 e. The van der Waals surface area contributed by atoms with Gasteiger partial charge in [0.05, 0.1) is 16.4 Å². The minimum atomic E-state index is -0.716. The molecule has 0 bridgehead atoms. The summed E-state index contributed by atoms with van der Waals surface area (Å²) in [5.41, 5.74) is 1.45. The van der Waals surface area contributed by atoms with Crippen LogP contribution in [0.1, 0.15) is 25.5 Å². The van der Waals surface area contributed by atoms with Crippen molar-refractivity contribution in [1.82, 2.24) is 4.98 Å². The molecule has 1 aromatic carbocycles. The lowest BCUT2D eigenvalue weighted by atomic mass is 10.2. The molecule has 0 saturated carbocycles. The third-order valence-corrected chi connectivity index (χ3v) is 4.86. The Hall–Kier alpha value is -1.98. The smallest absolute Gasteiger partial charge is 0.265 e. The average molecular weight is 394 g/mol. The number of aromatic nitrogens is 1. The van der Waals surface area contributed by atoms with Gasteiger partial charge in [-0.25, -0.2) is 4.98 Å². The highest BCUT2D eigenvalue weighted by Gasteiger charge is 2.19. The van der Waals surface area contributed by atoms with Gasteiger partial charge < -0.3 is 15.0 Å². The zero-order valence-corrected chi connectivity index (χ0v) is 16.3. The van der Waals surface area contributed by atoms with Crippen molar-refractivity contribution in [3.05, 3.63) is 46.1 Å². The van der Waals surface area contributed by atoms with Crippen molar-refractivity contribution in [3.8, 4) is 5.75 Å². The summed E-state index contributed by atoms with van der Waals surface area (Å²) in [6.45, 7) is 5.62. The first-order chi connectivity index (χ1) is 12.4. The van der Waals surface area contributed by atoms with Crippen LogP contribution in [0.15, 0.2) is 30.3 Å². The first-order valence-electron chi connectivity index (χ1n) is 8.59. The molecule has 0 radical (unpaired) electrons. The van der Waals surface area contributed by atoms with Crippen LogP contribution < -0.4 is 15.0 Å². The Morgan fingerprint density at radius 2 is 1.96 bits per heavy atom. The molecule has 1 fully saturated rings. The van der Waals surface area contributed by atoms with Crippen molar-refractivity contribution >= 4 is 40.6 Å². The van der Waals surface area contributed by atoms with Crippen LogP contribution in [0.25, 0.3) is 0 Å². The number of ether oxygens (including phenoxy) is 1. The monoisotopic (exact) mass is 393 g/mol. The number of anilines is 2. The number of carbonyl (C=O) groups excluding carboxylic acids is 1. The number of aryl methyl sites for hydroxylation is 1. The van der Waals surface area contributed by atoms with E-state index >= 15 is 0 Å². The van der Waals surface area contributed by atoms with Crippen molar-refractivity contribution in [2.45, 2.75) is 32.8 Å². The standard InChI is InChI=1S/C19H21Cl2N3O2/c1-12-16(6-8-18(22-12)24-9-3-4-10-24)23-19(25)13(2)26-17-7-5-14(20)11-15(17)21/h5-8,11,13H,3-4,9-10H2,1-2H3,(H,23,25). The Balaban J connectivity index is 1.65. The fraction of sp³-hybridized carbons (Fsp3) is 0.368. The van der Waals surface area contributed by atoms with Gasteiger partial charge >= 0.3 is 0 Å². The third-order valence-electron chi connectivity index (χ3n) is 4.33. The molecule has 0 spiro atoms. The van der Waals surface area contributed by atoms with E-state index in [1.54, 1.807) is 25.1 Å². The summed E-state index contributed by atoms with van der Waals surface area (Å²) in [4.78, 5) is 19.3. The van der Waals surface area contributed by atoms with Crippen LogP contribution in [0.2, 0.25) is 10.0 Å². The minimum absolute atomic E-state index is 0.269. The SMILES string of the molecule is Cc1nc(N2CCCC2)ccc1NC(=O)C(C)Oc1ccc(Cl)cc1Cl. The van der Waals surface area contributed by atoms with Gasteiger partial charge in [0.15, 0.2) is 6.10 Å². The van der Waals surface area contributed by atoms with Crippen LogP contribution in [0.3, 0.4) is 0 Å². The molecule has 1 saturated heterocycles. The molecule has 0 aliphatic carbocycles. The maximum Gasteiger partial charge on any atom is 0.265 e. The summed E-state index contributed by atoms with van der Waals surface area (Å²) in [5.74, 6) is 1.10. The molecule has 1 unspecified atom stereocenters. The molecule has 1 aromatic heterocycles. The number of pyridine rings is 1. The van der Waals surface area contributed by atoms with Gasteiger partial charge in [0.25, 0.3) is 5.91 Å². The first-order valence-corrected chi connectivity index (χ1v) is 9.35. The van der Waals surface area contributed by atoms with Crippen LogP contribution in [-0.4, -0.2) is 30.1 Å². The summed E-state index contributed by atoms with van der Waals surface area (Å²) in [6, 6.07) is 8.71. The molecular weight excluding hydrogens is 373 g/mol. The van der Waals surface area contributed by atoms with Gasteiger partial charge in [-0.1, -0.05) is 23.2 Å². The molecule has 2 heterocycles. The number of hydrogen-bond acceptors (Lipinski definition) is 4. The minimum Gasteiger partial charge on any atom is -0.479 e. The predicted molar refractivity (Wildman–Crippen MR) is 106 cm³/mol. The Bertz CT molecular complexity index is 807. The predicted octanol–water partition coefficient (Wildman–Crippen LogP) is 4.70. The van der Waals surface area contributed by atoms with Crippen LogP contribution in [0.5, 0.6) is 5.75 Å². The molecule has 1 N–H and O–H groups in total. The normalized spacial score (nSPS) is 15.0. The molecular formula is C19H21Cl2N3O2. The Kier molecular flexibility index (Phi) is 5.89. The lowest BCUT2D eigenvalue weighted by Crippen LogP contribution is -2.30. The number of nitrogens with one attached hydrogen (secondary N) is 1. The van der Waals surface area contributed by atoms with Crippen molar-refractivity contribution in [1.29, 1.82) is 0 Å². The van der Waals surface area contributed by atoms with E-state index in [0.717, 1.165) is 24.6 Å². The summed E-state index contributed by atoms with van der Waals surface area (Å²) in [7, 11) is 0. The van der Waals surface area contributed by atoms with Gasteiger partial charge in [-0.2, -0.15) is 0 Å². The molecule has 26 heavy (non-hydrogen) atoms. The second-order valence-electron chi connectivity index (χ2n) is 6.32. The molecule has 1 aliphatic rings. The van der Waals surface area contributed by atoms with Crippen LogP contribution >= 0.6 is 23.2 Å². The quantitative estimate of drug-likeness (QED) is 0.799. The molecule has 5 nitrogen and oxygen atoms in total. The summed E-state index contributed by atoms with van der Waals surface area (Å²) < 4.78 is 5.65. The van der Waals surface area contributed by atoms with E-state index in [-0.39, 0.29) is 5.91 Å². The van der Waals surface area contributed by atoms with Gasteiger partial charge in [-0.05, 0) is 57.0 Å². The Morgan fingerprint density at radius 1 is 1.23 bits per heavy atom. The third kappa shape index (κ3) is 4.40. The topological polar surface area (TPSA) is 54.5 Å². The van der Waals surface area contributed by atoms with Gasteiger partial charge in [0.2, 0.25) is 0 Å². The summed E-state index contributed by atoms with van der Waals surface area (Å²) in [6.07, 6.45) is 1.68. The zero-order valence-electron chi connectivity index (χ0n) is 14.8. The number of rotatable bonds is 5. The fourth-order valence-electron chi connectivity index (χ4n) is 2.85. The first kappa shape index (κ1) is 18.8. The average Bonchev–Trinajstić information content (AvgIpc) is 3.13. The van der Waals surface area contributed by atoms with Crippen molar-refractivity contribution in [2.24, 2.45) is 0 Å². The van der Waals surface area contributed by atoms with Gasteiger partial charge in [-0.15, -0.1) is 0 Å². The maximum atomic E-state index is 12.4. The van der Waals surface area contributed by atoms with Crippen molar-refractivity contribution < 1.29 is 9.53 Å². The summed E-state index contributed by atoms with van der Waals surface area (Å²) in [5, 5.41) is 3.74. The fourth-order valence-corrected chi connectivity index (χ4v) is 3.30. The second-order valence-corrected chi connectivity index (χ2v) is 7.16. The van der Waals surface area contributed by atoms with Gasteiger partial charge in [-0.3, -0.25) is 4.79 Å². The van der Waals surface area contributed by atoms with E-state index in [9.17, 15) is 4.79 Å².